The van der Waals surface area contributed by atoms with Gasteiger partial charge in [-0.3, -0.25) is 4.79 Å². The highest BCUT2D eigenvalue weighted by molar-refractivity contribution is 7.89. The van der Waals surface area contributed by atoms with Crippen molar-refractivity contribution >= 4 is 21.6 Å². The SMILES string of the molecule is Cc1ccccc1N(CC(=O)N1CCN(S(=O)(=O)c2ccccc2C#N)CC1)C(C)C. The molecule has 0 bridgehead atoms. The summed E-state index contributed by atoms with van der Waals surface area (Å²) in [7, 11) is -3.78. The second-order valence-corrected chi connectivity index (χ2v) is 9.81. The van der Waals surface area contributed by atoms with Gasteiger partial charge in [-0.25, -0.2) is 8.42 Å². The molecule has 1 heterocycles. The van der Waals surface area contributed by atoms with E-state index in [2.05, 4.69) is 18.7 Å². The number of nitrogens with zero attached hydrogens (tertiary/aromatic N) is 4. The monoisotopic (exact) mass is 440 g/mol. The molecule has 0 atom stereocenters. The number of carbonyl (C=O) groups is 1. The molecule has 0 aliphatic carbocycles. The minimum absolute atomic E-state index is 0.0165. The Hall–Kier alpha value is -2.89. The first-order valence-corrected chi connectivity index (χ1v) is 11.8. The molecular weight excluding hydrogens is 412 g/mol. The number of anilines is 1. The van der Waals surface area contributed by atoms with Gasteiger partial charge in [-0.05, 0) is 44.5 Å². The number of carbonyl (C=O) groups excluding carboxylic acids is 1. The van der Waals surface area contributed by atoms with E-state index in [9.17, 15) is 18.5 Å². The van der Waals surface area contributed by atoms with Crippen molar-refractivity contribution in [3.05, 3.63) is 59.7 Å². The molecule has 1 aliphatic heterocycles. The Bertz CT molecular complexity index is 1080. The van der Waals surface area contributed by atoms with Gasteiger partial charge in [0.15, 0.2) is 0 Å². The van der Waals surface area contributed by atoms with E-state index >= 15 is 0 Å². The lowest BCUT2D eigenvalue weighted by atomic mass is 10.1. The molecule has 0 radical (unpaired) electrons. The van der Waals surface area contributed by atoms with Crippen LogP contribution >= 0.6 is 0 Å². The summed E-state index contributed by atoms with van der Waals surface area (Å²) in [4.78, 5) is 16.8. The Kier molecular flexibility index (Phi) is 6.98. The van der Waals surface area contributed by atoms with Gasteiger partial charge >= 0.3 is 0 Å². The van der Waals surface area contributed by atoms with E-state index in [-0.39, 0.29) is 42.0 Å². The van der Waals surface area contributed by atoms with Gasteiger partial charge in [-0.1, -0.05) is 30.3 Å². The molecule has 2 aromatic rings. The first-order chi connectivity index (χ1) is 14.8. The number of hydrogen-bond acceptors (Lipinski definition) is 5. The maximum absolute atomic E-state index is 13.0. The highest BCUT2D eigenvalue weighted by Gasteiger charge is 2.32. The zero-order valence-electron chi connectivity index (χ0n) is 18.2. The summed E-state index contributed by atoms with van der Waals surface area (Å²) in [5.74, 6) is -0.0218. The van der Waals surface area contributed by atoms with Gasteiger partial charge in [0.05, 0.1) is 17.0 Å². The highest BCUT2D eigenvalue weighted by atomic mass is 32.2. The predicted octanol–water partition coefficient (Wildman–Crippen LogP) is 2.61. The van der Waals surface area contributed by atoms with Crippen molar-refractivity contribution in [1.29, 1.82) is 5.26 Å². The molecule has 8 heteroatoms. The normalized spacial score (nSPS) is 15.0. The third-order valence-electron chi connectivity index (χ3n) is 5.57. The number of benzene rings is 2. The van der Waals surface area contributed by atoms with E-state index in [0.717, 1.165) is 11.3 Å². The number of piperazine rings is 1. The predicted molar refractivity (Wildman–Crippen MR) is 120 cm³/mol. The van der Waals surface area contributed by atoms with Gasteiger partial charge in [0.25, 0.3) is 0 Å². The first-order valence-electron chi connectivity index (χ1n) is 10.3. The molecule has 1 fully saturated rings. The van der Waals surface area contributed by atoms with Crippen LogP contribution in [0, 0.1) is 18.3 Å². The van der Waals surface area contributed by atoms with Crippen molar-refractivity contribution in [2.45, 2.75) is 31.7 Å². The van der Waals surface area contributed by atoms with Gasteiger partial charge in [0.1, 0.15) is 6.07 Å². The molecule has 164 valence electrons. The third kappa shape index (κ3) is 4.89. The smallest absolute Gasteiger partial charge is 0.244 e. The summed E-state index contributed by atoms with van der Waals surface area (Å²) in [5, 5.41) is 9.25. The zero-order chi connectivity index (χ0) is 22.6. The van der Waals surface area contributed by atoms with Crippen LogP contribution in [0.2, 0.25) is 0 Å². The molecule has 1 aliphatic rings. The maximum atomic E-state index is 13.0. The summed E-state index contributed by atoms with van der Waals surface area (Å²) in [6, 6.07) is 16.3. The van der Waals surface area contributed by atoms with Crippen LogP contribution in [-0.2, 0) is 14.8 Å². The molecule has 3 rings (SSSR count). The lowest BCUT2D eigenvalue weighted by Crippen LogP contribution is -2.53. The van der Waals surface area contributed by atoms with Crippen molar-refractivity contribution in [3.8, 4) is 6.07 Å². The molecule has 31 heavy (non-hydrogen) atoms. The second-order valence-electron chi connectivity index (χ2n) is 7.90. The number of hydrogen-bond donors (Lipinski definition) is 0. The van der Waals surface area contributed by atoms with Crippen molar-refractivity contribution in [3.63, 3.8) is 0 Å². The molecule has 1 amide bonds. The van der Waals surface area contributed by atoms with Crippen LogP contribution in [0.15, 0.2) is 53.4 Å². The van der Waals surface area contributed by atoms with Gasteiger partial charge in [-0.15, -0.1) is 0 Å². The summed E-state index contributed by atoms with van der Waals surface area (Å²) < 4.78 is 27.3. The molecule has 7 nitrogen and oxygen atoms in total. The quantitative estimate of drug-likeness (QED) is 0.689. The molecule has 1 saturated heterocycles. The largest absolute Gasteiger partial charge is 0.360 e. The van der Waals surface area contributed by atoms with Crippen molar-refractivity contribution in [2.24, 2.45) is 0 Å². The summed E-state index contributed by atoms with van der Waals surface area (Å²) >= 11 is 0. The van der Waals surface area contributed by atoms with E-state index in [1.807, 2.05) is 37.3 Å². The van der Waals surface area contributed by atoms with E-state index < -0.39 is 10.0 Å². The fraction of sp³-hybridized carbons (Fsp3) is 0.391. The molecule has 0 unspecified atom stereocenters. The van der Waals surface area contributed by atoms with Crippen molar-refractivity contribution in [2.75, 3.05) is 37.6 Å². The van der Waals surface area contributed by atoms with Crippen molar-refractivity contribution in [1.82, 2.24) is 9.21 Å². The molecule has 0 aromatic heterocycles. The topological polar surface area (TPSA) is 84.7 Å². The number of amides is 1. The zero-order valence-corrected chi connectivity index (χ0v) is 19.0. The molecule has 0 spiro atoms. The van der Waals surface area contributed by atoms with Crippen LogP contribution in [0.5, 0.6) is 0 Å². The number of rotatable bonds is 6. The van der Waals surface area contributed by atoms with Crippen LogP contribution in [0.3, 0.4) is 0 Å². The Morgan fingerprint density at radius 1 is 1.06 bits per heavy atom. The number of sulfonamides is 1. The Balaban J connectivity index is 1.68. The maximum Gasteiger partial charge on any atom is 0.244 e. The van der Waals surface area contributed by atoms with Gasteiger partial charge < -0.3 is 9.80 Å². The minimum atomic E-state index is -3.78. The van der Waals surface area contributed by atoms with Gasteiger partial charge in [0.2, 0.25) is 15.9 Å². The van der Waals surface area contributed by atoms with Crippen LogP contribution < -0.4 is 4.90 Å². The first kappa shape index (κ1) is 22.8. The Morgan fingerprint density at radius 3 is 2.29 bits per heavy atom. The molecule has 2 aromatic carbocycles. The average Bonchev–Trinajstić information content (AvgIpc) is 2.77. The van der Waals surface area contributed by atoms with E-state index in [1.54, 1.807) is 17.0 Å². The van der Waals surface area contributed by atoms with Crippen LogP contribution in [-0.4, -0.2) is 62.3 Å². The standard InChI is InChI=1S/C23H28N4O3S/c1-18(2)27(21-10-6-4-8-19(21)3)17-23(28)25-12-14-26(15-13-25)31(29,30)22-11-7-5-9-20(22)16-24/h4-11,18H,12-15,17H2,1-3H3. The molecule has 0 saturated carbocycles. The number of aryl methyl sites for hydroxylation is 1. The number of nitriles is 1. The highest BCUT2D eigenvalue weighted by Crippen LogP contribution is 2.23. The minimum Gasteiger partial charge on any atom is -0.360 e. The van der Waals surface area contributed by atoms with Crippen LogP contribution in [0.25, 0.3) is 0 Å². The average molecular weight is 441 g/mol. The van der Waals surface area contributed by atoms with Crippen LogP contribution in [0.1, 0.15) is 25.0 Å². The van der Waals surface area contributed by atoms with Gasteiger partial charge in [-0.2, -0.15) is 9.57 Å². The van der Waals surface area contributed by atoms with E-state index in [1.165, 1.54) is 16.4 Å². The molecule has 0 N–H and O–H groups in total. The van der Waals surface area contributed by atoms with Crippen molar-refractivity contribution < 1.29 is 13.2 Å². The third-order valence-corrected chi connectivity index (χ3v) is 7.53. The Labute approximate surface area is 184 Å². The lowest BCUT2D eigenvalue weighted by molar-refractivity contribution is -0.130. The van der Waals surface area contributed by atoms with Crippen LogP contribution in [0.4, 0.5) is 5.69 Å². The summed E-state index contributed by atoms with van der Waals surface area (Å²) in [6.07, 6.45) is 0. The van der Waals surface area contributed by atoms with Gasteiger partial charge in [0, 0.05) is 37.9 Å². The lowest BCUT2D eigenvalue weighted by Gasteiger charge is -2.36. The summed E-state index contributed by atoms with van der Waals surface area (Å²) in [5.41, 5.74) is 2.27. The molecular formula is C23H28N4O3S. The fourth-order valence-corrected chi connectivity index (χ4v) is 5.34. The number of para-hydroxylation sites is 1. The summed E-state index contributed by atoms with van der Waals surface area (Å²) in [6.45, 7) is 7.44. The van der Waals surface area contributed by atoms with E-state index in [4.69, 9.17) is 0 Å². The second kappa shape index (κ2) is 9.50. The fourth-order valence-electron chi connectivity index (χ4n) is 3.78. The Morgan fingerprint density at radius 2 is 1.68 bits per heavy atom. The van der Waals surface area contributed by atoms with E-state index in [0.29, 0.717) is 13.1 Å².